The lowest BCUT2D eigenvalue weighted by Crippen LogP contribution is -2.45. The third-order valence-electron chi connectivity index (χ3n) is 6.94. The summed E-state index contributed by atoms with van der Waals surface area (Å²) in [7, 11) is 0. The van der Waals surface area contributed by atoms with Gasteiger partial charge in [0.1, 0.15) is 10.8 Å². The molecule has 14 heteroatoms. The van der Waals surface area contributed by atoms with Crippen molar-refractivity contribution in [2.24, 2.45) is 11.1 Å². The van der Waals surface area contributed by atoms with E-state index >= 15 is 0 Å². The Hall–Kier alpha value is -3.94. The molecule has 1 aliphatic heterocycles. The third kappa shape index (κ3) is 6.27. The number of halogens is 2. The fourth-order valence-corrected chi connectivity index (χ4v) is 5.95. The van der Waals surface area contributed by atoms with E-state index in [0.29, 0.717) is 30.1 Å². The Kier molecular flexibility index (Phi) is 8.76. The van der Waals surface area contributed by atoms with Crippen LogP contribution >= 0.6 is 23.4 Å². The van der Waals surface area contributed by atoms with E-state index in [4.69, 9.17) is 39.0 Å². The second kappa shape index (κ2) is 12.1. The quantitative estimate of drug-likeness (QED) is 0.273. The highest BCUT2D eigenvalue weighted by atomic mass is 35.5. The highest BCUT2D eigenvalue weighted by molar-refractivity contribution is 7.99. The highest BCUT2D eigenvalue weighted by Crippen LogP contribution is 2.51. The number of carboxylic acid groups (broad SMARTS) is 2. The van der Waals surface area contributed by atoms with E-state index in [1.54, 1.807) is 6.07 Å². The number of aliphatic carboxylic acids is 2. The molecular formula is C26H27ClFN7O4S. The van der Waals surface area contributed by atoms with Gasteiger partial charge in [0.05, 0.1) is 5.02 Å². The Morgan fingerprint density at radius 1 is 1.07 bits per heavy atom. The number of hydrogen-bond acceptors (Lipinski definition) is 10. The summed E-state index contributed by atoms with van der Waals surface area (Å²) in [5.74, 6) is -2.67. The number of hydrogen-bond donors (Lipinski definition) is 5. The van der Waals surface area contributed by atoms with Crippen molar-refractivity contribution in [1.82, 2.24) is 15.0 Å². The summed E-state index contributed by atoms with van der Waals surface area (Å²) in [4.78, 5) is 33.9. The van der Waals surface area contributed by atoms with Gasteiger partial charge in [0, 0.05) is 42.4 Å². The molecular weight excluding hydrogens is 561 g/mol. The zero-order chi connectivity index (χ0) is 29.0. The summed E-state index contributed by atoms with van der Waals surface area (Å²) in [6.45, 7) is 1.29. The number of nitrogens with two attached hydrogens (primary N) is 3. The first-order valence-electron chi connectivity index (χ1n) is 12.1. The number of piperidine rings is 1. The molecule has 1 fully saturated rings. The van der Waals surface area contributed by atoms with Crippen LogP contribution in [0.5, 0.6) is 0 Å². The van der Waals surface area contributed by atoms with E-state index in [1.807, 2.05) is 11.0 Å². The molecule has 2 aromatic heterocycles. The van der Waals surface area contributed by atoms with Gasteiger partial charge in [-0.15, -0.1) is 0 Å². The molecule has 2 aliphatic rings. The Labute approximate surface area is 238 Å². The third-order valence-corrected chi connectivity index (χ3v) is 8.50. The number of nitrogens with zero attached hydrogens (tertiary/aromatic N) is 4. The Morgan fingerprint density at radius 3 is 2.35 bits per heavy atom. The van der Waals surface area contributed by atoms with E-state index < -0.39 is 17.9 Å². The molecule has 0 saturated carbocycles. The van der Waals surface area contributed by atoms with Crippen LogP contribution in [0.1, 0.15) is 30.0 Å². The molecule has 1 aromatic carbocycles. The molecule has 3 aromatic rings. The van der Waals surface area contributed by atoms with E-state index in [9.17, 15) is 14.0 Å². The van der Waals surface area contributed by atoms with Crippen molar-refractivity contribution in [3.8, 4) is 0 Å². The standard InChI is InChI=1S/C22H23ClFN7S.C4H4O4/c23-15-14(5-8-28-18(15)26)32-21-19(27)30-20(17(24)29-21)31-9-6-22(7-10-31)11-12-3-1-2-4-13(12)16(22)25;5-3(6)1-2-4(7)8/h1-5,8,16H,6-7,9-11,25H2,(H2,26,28)(H2,27,30);1-2H,(H,5,6)(H,7,8)/b;2-1+/t16-;/m1./s1. The second-order valence-corrected chi connectivity index (χ2v) is 10.8. The van der Waals surface area contributed by atoms with Crippen molar-refractivity contribution < 1.29 is 24.2 Å². The first-order valence-corrected chi connectivity index (χ1v) is 13.3. The fraction of sp³-hybridized carbons (Fsp3) is 0.269. The molecule has 40 heavy (non-hydrogen) atoms. The Bertz CT molecular complexity index is 1450. The van der Waals surface area contributed by atoms with Crippen LogP contribution in [0.15, 0.2) is 58.6 Å². The van der Waals surface area contributed by atoms with Gasteiger partial charge in [0.2, 0.25) is 0 Å². The van der Waals surface area contributed by atoms with Crippen molar-refractivity contribution in [3.63, 3.8) is 0 Å². The zero-order valence-electron chi connectivity index (χ0n) is 21.1. The molecule has 0 bridgehead atoms. The number of benzene rings is 1. The van der Waals surface area contributed by atoms with Crippen LogP contribution in [-0.2, 0) is 16.0 Å². The molecule has 3 heterocycles. The molecule has 11 nitrogen and oxygen atoms in total. The van der Waals surface area contributed by atoms with Gasteiger partial charge >= 0.3 is 11.9 Å². The highest BCUT2D eigenvalue weighted by Gasteiger charge is 2.46. The summed E-state index contributed by atoms with van der Waals surface area (Å²) in [5.41, 5.74) is 21.1. The van der Waals surface area contributed by atoms with Crippen molar-refractivity contribution in [2.75, 3.05) is 29.5 Å². The number of aromatic nitrogens is 3. The predicted molar refractivity (Wildman–Crippen MR) is 150 cm³/mol. The van der Waals surface area contributed by atoms with E-state index in [0.717, 1.165) is 31.0 Å². The number of pyridine rings is 1. The number of fused-ring (bicyclic) bond motifs is 1. The fourth-order valence-electron chi connectivity index (χ4n) is 4.92. The molecule has 1 atom stereocenters. The van der Waals surface area contributed by atoms with Gasteiger partial charge in [0.25, 0.3) is 5.95 Å². The van der Waals surface area contributed by atoms with Gasteiger partial charge in [-0.3, -0.25) is 0 Å². The predicted octanol–water partition coefficient (Wildman–Crippen LogP) is 3.53. The lowest BCUT2D eigenvalue weighted by molar-refractivity contribution is -0.134. The minimum absolute atomic E-state index is 0.00169. The normalized spacial score (nSPS) is 17.4. The average Bonchev–Trinajstić information content (AvgIpc) is 3.19. The van der Waals surface area contributed by atoms with Crippen LogP contribution in [-0.4, -0.2) is 50.2 Å². The van der Waals surface area contributed by atoms with Crippen LogP contribution < -0.4 is 22.1 Å². The minimum Gasteiger partial charge on any atom is -0.478 e. The van der Waals surface area contributed by atoms with Crippen LogP contribution in [0.3, 0.4) is 0 Å². The number of carbonyl (C=O) groups is 2. The van der Waals surface area contributed by atoms with E-state index in [-0.39, 0.29) is 39.0 Å². The van der Waals surface area contributed by atoms with Gasteiger partial charge in [-0.1, -0.05) is 47.6 Å². The molecule has 1 saturated heterocycles. The van der Waals surface area contributed by atoms with Gasteiger partial charge < -0.3 is 32.3 Å². The van der Waals surface area contributed by atoms with Crippen molar-refractivity contribution in [1.29, 1.82) is 0 Å². The maximum absolute atomic E-state index is 15.0. The second-order valence-electron chi connectivity index (χ2n) is 9.35. The van der Waals surface area contributed by atoms with Crippen LogP contribution in [0.4, 0.5) is 21.8 Å². The van der Waals surface area contributed by atoms with Gasteiger partial charge in [0.15, 0.2) is 11.6 Å². The Balaban J connectivity index is 0.000000406. The minimum atomic E-state index is -1.26. The molecule has 1 aliphatic carbocycles. The summed E-state index contributed by atoms with van der Waals surface area (Å²) in [6.07, 6.45) is 5.30. The van der Waals surface area contributed by atoms with Crippen molar-refractivity contribution >= 4 is 52.8 Å². The number of anilines is 3. The monoisotopic (exact) mass is 587 g/mol. The van der Waals surface area contributed by atoms with Gasteiger partial charge in [-0.05, 0) is 41.9 Å². The van der Waals surface area contributed by atoms with Crippen LogP contribution in [0.25, 0.3) is 0 Å². The lowest BCUT2D eigenvalue weighted by Gasteiger charge is -2.42. The van der Waals surface area contributed by atoms with Crippen LogP contribution in [0.2, 0.25) is 5.02 Å². The maximum Gasteiger partial charge on any atom is 0.328 e. The molecule has 0 radical (unpaired) electrons. The van der Waals surface area contributed by atoms with Crippen molar-refractivity contribution in [2.45, 2.75) is 35.2 Å². The molecule has 1 spiro atoms. The maximum atomic E-state index is 15.0. The average molecular weight is 588 g/mol. The number of nitrogen functional groups attached to an aromatic ring is 2. The SMILES string of the molecule is Nc1nc(N2CCC3(CC2)Cc2ccccc2[C@H]3N)c(F)nc1Sc1ccnc(N)c1Cl.O=C(O)/C=C/C(=O)O. The summed E-state index contributed by atoms with van der Waals surface area (Å²) >= 11 is 7.29. The first kappa shape index (κ1) is 29.1. The summed E-state index contributed by atoms with van der Waals surface area (Å²) in [6, 6.07) is 10.0. The Morgan fingerprint density at radius 2 is 1.73 bits per heavy atom. The molecule has 8 N–H and O–H groups in total. The summed E-state index contributed by atoms with van der Waals surface area (Å²) < 4.78 is 15.0. The molecule has 5 rings (SSSR count). The van der Waals surface area contributed by atoms with E-state index in [1.165, 1.54) is 17.3 Å². The smallest absolute Gasteiger partial charge is 0.328 e. The number of rotatable bonds is 5. The number of carboxylic acids is 2. The van der Waals surface area contributed by atoms with E-state index in [2.05, 4.69) is 33.2 Å². The molecule has 0 amide bonds. The largest absolute Gasteiger partial charge is 0.478 e. The topological polar surface area (TPSA) is 195 Å². The molecule has 0 unspecified atom stereocenters. The van der Waals surface area contributed by atoms with Gasteiger partial charge in [-0.2, -0.15) is 4.39 Å². The molecule has 210 valence electrons. The van der Waals surface area contributed by atoms with Crippen LogP contribution in [0, 0.1) is 11.4 Å². The van der Waals surface area contributed by atoms with Crippen molar-refractivity contribution in [3.05, 3.63) is 70.8 Å². The summed E-state index contributed by atoms with van der Waals surface area (Å²) in [5, 5.41) is 16.1. The first-order chi connectivity index (χ1) is 19.0. The van der Waals surface area contributed by atoms with Gasteiger partial charge in [-0.25, -0.2) is 24.5 Å². The lowest BCUT2D eigenvalue weighted by atomic mass is 9.73. The zero-order valence-corrected chi connectivity index (χ0v) is 22.7.